The van der Waals surface area contributed by atoms with E-state index in [2.05, 4.69) is 31.4 Å². The fourth-order valence-corrected chi connectivity index (χ4v) is 3.79. The Morgan fingerprint density at radius 2 is 1.80 bits per heavy atom. The van der Waals surface area contributed by atoms with Crippen LogP contribution in [-0.4, -0.2) is 54.1 Å². The zero-order valence-electron chi connectivity index (χ0n) is 18.7. The van der Waals surface area contributed by atoms with E-state index in [0.29, 0.717) is 17.7 Å². The average molecular weight is 530 g/mol. The summed E-state index contributed by atoms with van der Waals surface area (Å²) in [5, 5.41) is 16.2. The van der Waals surface area contributed by atoms with Crippen LogP contribution >= 0.6 is 24.0 Å². The number of aryl methyl sites for hydroxylation is 1. The summed E-state index contributed by atoms with van der Waals surface area (Å²) in [7, 11) is 0. The number of amides is 1. The summed E-state index contributed by atoms with van der Waals surface area (Å²) in [6.45, 7) is 9.51. The number of rotatable bonds is 9. The molecule has 170 valence electrons. The fraction of sp³-hybridized carbons (Fsp3) is 0.652. The Morgan fingerprint density at radius 1 is 1.17 bits per heavy atom. The largest absolute Gasteiger partial charge is 0.508 e. The van der Waals surface area contributed by atoms with Crippen LogP contribution in [0.5, 0.6) is 5.75 Å². The van der Waals surface area contributed by atoms with Crippen LogP contribution in [0.3, 0.4) is 0 Å². The van der Waals surface area contributed by atoms with Crippen molar-refractivity contribution in [2.45, 2.75) is 65.3 Å². The van der Waals surface area contributed by atoms with Crippen LogP contribution in [0.25, 0.3) is 0 Å². The van der Waals surface area contributed by atoms with Gasteiger partial charge in [0.15, 0.2) is 5.96 Å². The lowest BCUT2D eigenvalue weighted by Gasteiger charge is -2.34. The van der Waals surface area contributed by atoms with Crippen molar-refractivity contribution in [2.24, 2.45) is 10.9 Å². The molecule has 1 aromatic carbocycles. The molecule has 0 saturated carbocycles. The van der Waals surface area contributed by atoms with Crippen LogP contribution < -0.4 is 10.6 Å². The molecular formula is C23H39IN4O2. The van der Waals surface area contributed by atoms with Crippen molar-refractivity contribution < 1.29 is 9.90 Å². The van der Waals surface area contributed by atoms with E-state index in [1.807, 2.05) is 17.0 Å². The summed E-state index contributed by atoms with van der Waals surface area (Å²) in [6.07, 6.45) is 5.68. The number of likely N-dealkylation sites (tertiary alicyclic amines) is 1. The van der Waals surface area contributed by atoms with E-state index in [1.54, 1.807) is 12.1 Å². The van der Waals surface area contributed by atoms with Gasteiger partial charge in [-0.15, -0.1) is 24.0 Å². The number of piperidine rings is 1. The normalized spacial score (nSPS) is 15.1. The highest BCUT2D eigenvalue weighted by Crippen LogP contribution is 2.17. The Balaban J connectivity index is 0.00000450. The molecule has 1 aromatic rings. The van der Waals surface area contributed by atoms with Gasteiger partial charge in [-0.3, -0.25) is 9.79 Å². The second kappa shape index (κ2) is 14.5. The number of carbonyl (C=O) groups excluding carboxylic acids is 1. The van der Waals surface area contributed by atoms with Crippen LogP contribution in [0.2, 0.25) is 0 Å². The summed E-state index contributed by atoms with van der Waals surface area (Å²) in [4.78, 5) is 19.3. The van der Waals surface area contributed by atoms with Gasteiger partial charge in [-0.05, 0) is 63.1 Å². The third kappa shape index (κ3) is 8.70. The van der Waals surface area contributed by atoms with Gasteiger partial charge in [-0.1, -0.05) is 26.0 Å². The Labute approximate surface area is 198 Å². The first-order valence-electron chi connectivity index (χ1n) is 11.2. The summed E-state index contributed by atoms with van der Waals surface area (Å²) >= 11 is 0. The van der Waals surface area contributed by atoms with Crippen LogP contribution in [0, 0.1) is 5.92 Å². The van der Waals surface area contributed by atoms with Crippen molar-refractivity contribution in [2.75, 3.05) is 26.2 Å². The van der Waals surface area contributed by atoms with Gasteiger partial charge < -0.3 is 20.6 Å². The number of phenols is 1. The minimum Gasteiger partial charge on any atom is -0.508 e. The first kappa shape index (κ1) is 26.5. The second-order valence-electron chi connectivity index (χ2n) is 7.79. The zero-order valence-corrected chi connectivity index (χ0v) is 21.0. The van der Waals surface area contributed by atoms with Gasteiger partial charge in [0, 0.05) is 38.1 Å². The lowest BCUT2D eigenvalue weighted by Crippen LogP contribution is -2.50. The molecule has 1 saturated heterocycles. The second-order valence-corrected chi connectivity index (χ2v) is 7.79. The molecule has 3 N–H and O–H groups in total. The number of aliphatic imine (C=N–C) groups is 1. The molecule has 0 radical (unpaired) electrons. The topological polar surface area (TPSA) is 77.0 Å². The number of nitrogens with one attached hydrogen (secondary N) is 2. The highest BCUT2D eigenvalue weighted by molar-refractivity contribution is 14.0. The lowest BCUT2D eigenvalue weighted by atomic mass is 9.98. The molecule has 0 bridgehead atoms. The predicted octanol–water partition coefficient (Wildman–Crippen LogP) is 3.93. The fourth-order valence-electron chi connectivity index (χ4n) is 3.79. The molecule has 6 nitrogen and oxygen atoms in total. The molecule has 1 aliphatic heterocycles. The van der Waals surface area contributed by atoms with Crippen LogP contribution in [-0.2, 0) is 11.2 Å². The average Bonchev–Trinajstić information content (AvgIpc) is 2.74. The van der Waals surface area contributed by atoms with E-state index in [-0.39, 0.29) is 29.9 Å². The van der Waals surface area contributed by atoms with Crippen molar-refractivity contribution in [3.05, 3.63) is 29.8 Å². The molecule has 2 rings (SSSR count). The Kier molecular flexibility index (Phi) is 12.8. The van der Waals surface area contributed by atoms with Gasteiger partial charge >= 0.3 is 0 Å². The molecule has 1 heterocycles. The molecule has 0 aromatic heterocycles. The number of nitrogens with zero attached hydrogens (tertiary/aromatic N) is 2. The third-order valence-electron chi connectivity index (χ3n) is 5.66. The third-order valence-corrected chi connectivity index (χ3v) is 5.66. The maximum atomic E-state index is 12.6. The van der Waals surface area contributed by atoms with E-state index in [4.69, 9.17) is 4.99 Å². The summed E-state index contributed by atoms with van der Waals surface area (Å²) < 4.78 is 0. The summed E-state index contributed by atoms with van der Waals surface area (Å²) in [5.41, 5.74) is 1.21. The number of aromatic hydroxyl groups is 1. The minimum atomic E-state index is 0. The lowest BCUT2D eigenvalue weighted by molar-refractivity contribution is -0.136. The van der Waals surface area contributed by atoms with Gasteiger partial charge in [-0.25, -0.2) is 0 Å². The predicted molar refractivity (Wildman–Crippen MR) is 135 cm³/mol. The van der Waals surface area contributed by atoms with Crippen molar-refractivity contribution in [1.29, 1.82) is 0 Å². The summed E-state index contributed by atoms with van der Waals surface area (Å²) in [5.74, 6) is 1.66. The van der Waals surface area contributed by atoms with Crippen molar-refractivity contribution in [3.63, 3.8) is 0 Å². The number of guanidine groups is 1. The van der Waals surface area contributed by atoms with Crippen LogP contribution in [0.15, 0.2) is 29.3 Å². The maximum Gasteiger partial charge on any atom is 0.225 e. The molecule has 30 heavy (non-hydrogen) atoms. The van der Waals surface area contributed by atoms with E-state index in [9.17, 15) is 9.90 Å². The smallest absolute Gasteiger partial charge is 0.225 e. The minimum absolute atomic E-state index is 0. The molecule has 1 amide bonds. The van der Waals surface area contributed by atoms with E-state index in [1.165, 1.54) is 5.56 Å². The molecule has 7 heteroatoms. The SMILES string of the molecule is CCNC(=NCCCc1ccc(O)cc1)NC1CCN(C(=O)C(CC)CC)CC1.I. The number of hydrogen-bond donors (Lipinski definition) is 3. The highest BCUT2D eigenvalue weighted by Gasteiger charge is 2.26. The number of hydrogen-bond acceptors (Lipinski definition) is 3. The van der Waals surface area contributed by atoms with Gasteiger partial charge in [0.25, 0.3) is 0 Å². The molecule has 0 aliphatic carbocycles. The molecule has 0 atom stereocenters. The van der Waals surface area contributed by atoms with Gasteiger partial charge in [0.1, 0.15) is 5.75 Å². The molecule has 1 aliphatic rings. The number of carbonyl (C=O) groups is 1. The van der Waals surface area contributed by atoms with Crippen molar-refractivity contribution in [3.8, 4) is 5.75 Å². The van der Waals surface area contributed by atoms with Crippen molar-refractivity contribution in [1.82, 2.24) is 15.5 Å². The van der Waals surface area contributed by atoms with Crippen LogP contribution in [0.4, 0.5) is 0 Å². The molecule has 0 unspecified atom stereocenters. The first-order chi connectivity index (χ1) is 14.1. The van der Waals surface area contributed by atoms with E-state index >= 15 is 0 Å². The van der Waals surface area contributed by atoms with Gasteiger partial charge in [0.05, 0.1) is 0 Å². The number of benzene rings is 1. The molecular weight excluding hydrogens is 491 g/mol. The van der Waals surface area contributed by atoms with Gasteiger partial charge in [0.2, 0.25) is 5.91 Å². The Hall–Kier alpha value is -1.51. The van der Waals surface area contributed by atoms with Crippen molar-refractivity contribution >= 4 is 35.8 Å². The Morgan fingerprint density at radius 3 is 2.37 bits per heavy atom. The van der Waals surface area contributed by atoms with Crippen LogP contribution in [0.1, 0.15) is 58.4 Å². The summed E-state index contributed by atoms with van der Waals surface area (Å²) in [6, 6.07) is 7.73. The standard InChI is InChI=1S/C23H38N4O2.HI/c1-4-19(5-2)22(29)27-16-13-20(14-17-27)26-23(24-6-3)25-15-7-8-18-9-11-21(28)12-10-18;/h9-12,19-20,28H,4-8,13-17H2,1-3H3,(H2,24,25,26);1H. The monoisotopic (exact) mass is 530 g/mol. The van der Waals surface area contributed by atoms with Gasteiger partial charge in [-0.2, -0.15) is 0 Å². The molecule has 0 spiro atoms. The highest BCUT2D eigenvalue weighted by atomic mass is 127. The zero-order chi connectivity index (χ0) is 21.1. The number of phenolic OH excluding ortho intramolecular Hbond substituents is 1. The molecule has 1 fully saturated rings. The van der Waals surface area contributed by atoms with E-state index in [0.717, 1.165) is 70.7 Å². The van der Waals surface area contributed by atoms with E-state index < -0.39 is 0 Å². The quantitative estimate of drug-likeness (QED) is 0.196. The number of halogens is 1. The Bertz CT molecular complexity index is 639. The maximum absolute atomic E-state index is 12.6. The first-order valence-corrected chi connectivity index (χ1v) is 11.2.